The second-order valence-electron chi connectivity index (χ2n) is 2.56. The second-order valence-corrected chi connectivity index (χ2v) is 3.46. The maximum atomic E-state index is 4.09. The molecule has 0 aliphatic carbocycles. The van der Waals surface area contributed by atoms with Gasteiger partial charge in [-0.25, -0.2) is 4.98 Å². The molecule has 0 spiro atoms. The molecule has 0 unspecified atom stereocenters. The molecule has 0 bridgehead atoms. The zero-order chi connectivity index (χ0) is 11.7. The molecule has 0 radical (unpaired) electrons. The number of rotatable bonds is 4. The molecule has 1 N–H and O–H groups in total. The van der Waals surface area contributed by atoms with Crippen LogP contribution in [0.3, 0.4) is 0 Å². The number of hydrogen-bond donors (Lipinski definition) is 1. The maximum Gasteiger partial charge on any atom is 1.00 e. The molecule has 0 amide bonds. The van der Waals surface area contributed by atoms with E-state index in [0.29, 0.717) is 0 Å². The van der Waals surface area contributed by atoms with Gasteiger partial charge in [-0.15, -0.1) is 11.3 Å². The van der Waals surface area contributed by atoms with E-state index in [1.807, 2.05) is 32.2 Å². The van der Waals surface area contributed by atoms with Gasteiger partial charge in [-0.1, -0.05) is 44.9 Å². The summed E-state index contributed by atoms with van der Waals surface area (Å²) in [6.45, 7) is 9.70. The van der Waals surface area contributed by atoms with Crippen molar-refractivity contribution in [2.75, 3.05) is 12.4 Å². The van der Waals surface area contributed by atoms with Crippen LogP contribution in [0.4, 0.5) is 5.13 Å². The molecule has 0 aliphatic rings. The summed E-state index contributed by atoms with van der Waals surface area (Å²) in [4.78, 5) is 4.09. The van der Waals surface area contributed by atoms with E-state index < -0.39 is 0 Å². The van der Waals surface area contributed by atoms with E-state index in [2.05, 4.69) is 22.2 Å². The van der Waals surface area contributed by atoms with Gasteiger partial charge in [0.25, 0.3) is 0 Å². The Morgan fingerprint density at radius 3 is 2.56 bits per heavy atom. The van der Waals surface area contributed by atoms with Gasteiger partial charge in [-0.05, 0) is 6.92 Å². The molecule has 1 aromatic rings. The third kappa shape index (κ3) is 8.49. The molecule has 0 saturated carbocycles. The van der Waals surface area contributed by atoms with Crippen LogP contribution in [0.15, 0.2) is 35.6 Å². The standard InChI is InChI=1S/C9H12N3S.C2H6.K/c1-7(2)6-8(10-3)12-9-11-4-5-13-9;1-2;/h4-6H,1H2,2-3H3,(H,11,12);1-2H3;/q-1;;+1/b8-6+;;. The minimum atomic E-state index is 0. The van der Waals surface area contributed by atoms with Crippen molar-refractivity contribution in [3.05, 3.63) is 40.9 Å². The van der Waals surface area contributed by atoms with E-state index in [0.717, 1.165) is 16.5 Å². The van der Waals surface area contributed by atoms with Crippen LogP contribution in [0, 0.1) is 0 Å². The number of aromatic nitrogens is 1. The van der Waals surface area contributed by atoms with E-state index in [-0.39, 0.29) is 51.4 Å². The fraction of sp³-hybridized carbons (Fsp3) is 0.364. The molecule has 0 atom stereocenters. The monoisotopic (exact) mass is 263 g/mol. The van der Waals surface area contributed by atoms with Crippen LogP contribution in [-0.4, -0.2) is 12.0 Å². The van der Waals surface area contributed by atoms with Gasteiger partial charge in [0, 0.05) is 11.6 Å². The average Bonchev–Trinajstić information content (AvgIpc) is 2.72. The molecule has 84 valence electrons. The third-order valence-electron chi connectivity index (χ3n) is 1.29. The number of hydrogen-bond acceptors (Lipinski definition) is 3. The maximum absolute atomic E-state index is 4.09. The SMILES string of the molecule is C=C(C)/C=C(\[N-]C)Nc1nccs1.CC.[K+]. The first-order valence-corrected chi connectivity index (χ1v) is 5.74. The second kappa shape index (κ2) is 11.8. The van der Waals surface area contributed by atoms with Gasteiger partial charge in [0.15, 0.2) is 0 Å². The zero-order valence-electron chi connectivity index (χ0n) is 10.7. The Morgan fingerprint density at radius 2 is 2.19 bits per heavy atom. The minimum absolute atomic E-state index is 0. The number of nitrogens with one attached hydrogen (secondary N) is 1. The van der Waals surface area contributed by atoms with Crippen LogP contribution in [0.25, 0.3) is 5.32 Å². The Bertz CT molecular complexity index is 307. The van der Waals surface area contributed by atoms with Crippen LogP contribution in [0.2, 0.25) is 0 Å². The molecular weight excluding hydrogens is 245 g/mol. The summed E-state index contributed by atoms with van der Waals surface area (Å²) < 4.78 is 0. The summed E-state index contributed by atoms with van der Waals surface area (Å²) in [5.74, 6) is 0.780. The number of nitrogens with zero attached hydrogens (tertiary/aromatic N) is 2. The summed E-state index contributed by atoms with van der Waals surface area (Å²) in [5.41, 5.74) is 0.963. The molecule has 0 saturated heterocycles. The normalized spacial score (nSPS) is 9.38. The quantitative estimate of drug-likeness (QED) is 0.650. The van der Waals surface area contributed by atoms with Gasteiger partial charge in [-0.3, -0.25) is 0 Å². The molecule has 5 heteroatoms. The molecular formula is C11H18KN3S. The van der Waals surface area contributed by atoms with Gasteiger partial charge in [0.2, 0.25) is 0 Å². The predicted molar refractivity (Wildman–Crippen MR) is 69.3 cm³/mol. The molecule has 1 aromatic heterocycles. The first kappa shape index (κ1) is 18.7. The van der Waals surface area contributed by atoms with Crippen molar-refractivity contribution >= 4 is 16.5 Å². The summed E-state index contributed by atoms with van der Waals surface area (Å²) >= 11 is 1.54. The largest absolute Gasteiger partial charge is 1.00 e. The number of allylic oxidation sites excluding steroid dienone is 2. The Hall–Kier alpha value is 0.346. The number of thiazole rings is 1. The fourth-order valence-electron chi connectivity index (χ4n) is 0.785. The Labute approximate surface area is 145 Å². The van der Waals surface area contributed by atoms with Crippen molar-refractivity contribution < 1.29 is 51.4 Å². The number of anilines is 1. The van der Waals surface area contributed by atoms with E-state index in [1.54, 1.807) is 24.6 Å². The Morgan fingerprint density at radius 1 is 1.56 bits per heavy atom. The molecule has 16 heavy (non-hydrogen) atoms. The Balaban J connectivity index is 0. The molecule has 1 rings (SSSR count). The van der Waals surface area contributed by atoms with E-state index in [1.165, 1.54) is 0 Å². The summed E-state index contributed by atoms with van der Waals surface area (Å²) in [6, 6.07) is 0. The van der Waals surface area contributed by atoms with Gasteiger partial charge in [-0.2, -0.15) is 0 Å². The zero-order valence-corrected chi connectivity index (χ0v) is 14.7. The third-order valence-corrected chi connectivity index (χ3v) is 1.98. The molecule has 0 aromatic carbocycles. The fourth-order valence-corrected chi connectivity index (χ4v) is 1.32. The van der Waals surface area contributed by atoms with Crippen LogP contribution >= 0.6 is 11.3 Å². The van der Waals surface area contributed by atoms with E-state index >= 15 is 0 Å². The van der Waals surface area contributed by atoms with Crippen molar-refractivity contribution in [3.63, 3.8) is 0 Å². The van der Waals surface area contributed by atoms with Crippen molar-refractivity contribution in [3.8, 4) is 0 Å². The first-order valence-electron chi connectivity index (χ1n) is 4.86. The smallest absolute Gasteiger partial charge is 0.469 e. The molecule has 0 fully saturated rings. The van der Waals surface area contributed by atoms with Gasteiger partial charge in [0.1, 0.15) is 5.13 Å². The summed E-state index contributed by atoms with van der Waals surface area (Å²) in [6.07, 6.45) is 3.63. The summed E-state index contributed by atoms with van der Waals surface area (Å²) in [5, 5.41) is 9.90. The topological polar surface area (TPSA) is 39.0 Å². The predicted octanol–water partition coefficient (Wildman–Crippen LogP) is 1.01. The van der Waals surface area contributed by atoms with E-state index in [4.69, 9.17) is 0 Å². The first-order chi connectivity index (χ1) is 7.22. The average molecular weight is 263 g/mol. The van der Waals surface area contributed by atoms with Crippen LogP contribution < -0.4 is 56.7 Å². The van der Waals surface area contributed by atoms with Crippen LogP contribution in [0.5, 0.6) is 0 Å². The van der Waals surface area contributed by atoms with Gasteiger partial charge in [0.05, 0.1) is 0 Å². The van der Waals surface area contributed by atoms with Gasteiger partial charge >= 0.3 is 51.4 Å². The van der Waals surface area contributed by atoms with Crippen molar-refractivity contribution in [1.29, 1.82) is 0 Å². The van der Waals surface area contributed by atoms with Crippen molar-refractivity contribution in [2.24, 2.45) is 0 Å². The van der Waals surface area contributed by atoms with Gasteiger partial charge < -0.3 is 10.6 Å². The van der Waals surface area contributed by atoms with Crippen molar-refractivity contribution in [2.45, 2.75) is 20.8 Å². The molecule has 3 nitrogen and oxygen atoms in total. The molecule has 0 aliphatic heterocycles. The minimum Gasteiger partial charge on any atom is -0.469 e. The van der Waals surface area contributed by atoms with Crippen LogP contribution in [-0.2, 0) is 0 Å². The Kier molecular flexibility index (Phi) is 13.8. The van der Waals surface area contributed by atoms with Crippen molar-refractivity contribution in [1.82, 2.24) is 4.98 Å². The summed E-state index contributed by atoms with van der Waals surface area (Å²) in [7, 11) is 1.73. The molecule has 1 heterocycles. The van der Waals surface area contributed by atoms with Crippen LogP contribution in [0.1, 0.15) is 20.8 Å². The van der Waals surface area contributed by atoms with E-state index in [9.17, 15) is 0 Å².